The Morgan fingerprint density at radius 2 is 2.33 bits per heavy atom. The lowest BCUT2D eigenvalue weighted by atomic mass is 10.0. The molecule has 2 aromatic rings. The standard InChI is InChI=1S/C16H20BrNO3/c1-2-18-14-8-5-11(10-15(14)21-16(18)19)13(17)7-6-12-4-3-9-20-12/h5,8,10,12-13H,2-4,6-7,9H2,1H3. The van der Waals surface area contributed by atoms with E-state index in [4.69, 9.17) is 9.15 Å². The molecule has 1 aromatic carbocycles. The number of oxazole rings is 1. The molecule has 3 rings (SSSR count). The minimum absolute atomic E-state index is 0.265. The number of hydrogen-bond acceptors (Lipinski definition) is 3. The number of aryl methyl sites for hydroxylation is 1. The second-order valence-electron chi connectivity index (χ2n) is 5.52. The van der Waals surface area contributed by atoms with Crippen molar-refractivity contribution in [1.82, 2.24) is 4.57 Å². The van der Waals surface area contributed by atoms with E-state index in [-0.39, 0.29) is 10.6 Å². The van der Waals surface area contributed by atoms with Crippen molar-refractivity contribution in [2.24, 2.45) is 0 Å². The van der Waals surface area contributed by atoms with E-state index < -0.39 is 0 Å². The molecular formula is C16H20BrNO3. The number of nitrogens with zero attached hydrogens (tertiary/aromatic N) is 1. The van der Waals surface area contributed by atoms with Crippen LogP contribution in [0.25, 0.3) is 11.1 Å². The molecule has 2 heterocycles. The second kappa shape index (κ2) is 6.36. The average molecular weight is 354 g/mol. The molecule has 5 heteroatoms. The van der Waals surface area contributed by atoms with Crippen molar-refractivity contribution in [2.45, 2.75) is 50.1 Å². The van der Waals surface area contributed by atoms with Gasteiger partial charge in [-0.1, -0.05) is 22.0 Å². The van der Waals surface area contributed by atoms with Gasteiger partial charge in [0.05, 0.1) is 11.6 Å². The number of benzene rings is 1. The molecular weight excluding hydrogens is 334 g/mol. The molecule has 1 aromatic heterocycles. The zero-order valence-electron chi connectivity index (χ0n) is 12.2. The molecule has 0 radical (unpaired) electrons. The van der Waals surface area contributed by atoms with Gasteiger partial charge in [0.1, 0.15) is 0 Å². The summed E-state index contributed by atoms with van der Waals surface area (Å²) in [6, 6.07) is 6.01. The monoisotopic (exact) mass is 353 g/mol. The minimum atomic E-state index is -0.282. The molecule has 0 bridgehead atoms. The maximum atomic E-state index is 11.7. The van der Waals surface area contributed by atoms with Crippen LogP contribution >= 0.6 is 15.9 Å². The number of aromatic nitrogens is 1. The Morgan fingerprint density at radius 3 is 3.05 bits per heavy atom. The van der Waals surface area contributed by atoms with E-state index >= 15 is 0 Å². The molecule has 2 atom stereocenters. The van der Waals surface area contributed by atoms with E-state index in [1.54, 1.807) is 4.57 Å². The first-order chi connectivity index (χ1) is 10.2. The highest BCUT2D eigenvalue weighted by molar-refractivity contribution is 9.09. The lowest BCUT2D eigenvalue weighted by Crippen LogP contribution is -2.11. The minimum Gasteiger partial charge on any atom is -0.408 e. The van der Waals surface area contributed by atoms with Crippen molar-refractivity contribution in [1.29, 1.82) is 0 Å². The Labute approximate surface area is 132 Å². The number of rotatable bonds is 5. The van der Waals surface area contributed by atoms with E-state index in [0.29, 0.717) is 18.2 Å². The Morgan fingerprint density at radius 1 is 1.48 bits per heavy atom. The van der Waals surface area contributed by atoms with Gasteiger partial charge in [-0.2, -0.15) is 0 Å². The van der Waals surface area contributed by atoms with Crippen LogP contribution in [0.1, 0.15) is 43.0 Å². The van der Waals surface area contributed by atoms with Gasteiger partial charge < -0.3 is 9.15 Å². The summed E-state index contributed by atoms with van der Waals surface area (Å²) in [7, 11) is 0. The van der Waals surface area contributed by atoms with Crippen molar-refractivity contribution < 1.29 is 9.15 Å². The lowest BCUT2D eigenvalue weighted by molar-refractivity contribution is 0.102. The Balaban J connectivity index is 1.75. The predicted molar refractivity (Wildman–Crippen MR) is 86.0 cm³/mol. The summed E-state index contributed by atoms with van der Waals surface area (Å²) >= 11 is 3.74. The molecule has 1 aliphatic rings. The van der Waals surface area contributed by atoms with Gasteiger partial charge >= 0.3 is 5.76 Å². The third-order valence-corrected chi connectivity index (χ3v) is 5.12. The average Bonchev–Trinajstić information content (AvgIpc) is 3.10. The summed E-state index contributed by atoms with van der Waals surface area (Å²) in [4.78, 5) is 12.0. The van der Waals surface area contributed by atoms with E-state index in [0.717, 1.165) is 30.5 Å². The lowest BCUT2D eigenvalue weighted by Gasteiger charge is -2.13. The Bertz CT molecular complexity index is 670. The highest BCUT2D eigenvalue weighted by Crippen LogP contribution is 2.32. The van der Waals surface area contributed by atoms with Gasteiger partial charge in [-0.15, -0.1) is 0 Å². The highest BCUT2D eigenvalue weighted by Gasteiger charge is 2.18. The molecule has 0 amide bonds. The zero-order valence-corrected chi connectivity index (χ0v) is 13.8. The van der Waals surface area contributed by atoms with Crippen LogP contribution < -0.4 is 5.76 Å². The van der Waals surface area contributed by atoms with Crippen LogP contribution in [0, 0.1) is 0 Å². The second-order valence-corrected chi connectivity index (χ2v) is 6.62. The molecule has 2 unspecified atom stereocenters. The van der Waals surface area contributed by atoms with Gasteiger partial charge in [0, 0.05) is 18.0 Å². The van der Waals surface area contributed by atoms with Crippen LogP contribution in [0.5, 0.6) is 0 Å². The third-order valence-electron chi connectivity index (χ3n) is 4.14. The molecule has 0 aliphatic carbocycles. The Kier molecular flexibility index (Phi) is 4.50. The van der Waals surface area contributed by atoms with Crippen molar-refractivity contribution in [2.75, 3.05) is 6.61 Å². The quantitative estimate of drug-likeness (QED) is 0.762. The smallest absolute Gasteiger partial charge is 0.408 e. The normalized spacial score (nSPS) is 20.2. The summed E-state index contributed by atoms with van der Waals surface area (Å²) in [5.74, 6) is -0.282. The van der Waals surface area contributed by atoms with Gasteiger partial charge in [-0.05, 0) is 50.3 Å². The first-order valence-corrected chi connectivity index (χ1v) is 8.49. The molecule has 0 N–H and O–H groups in total. The van der Waals surface area contributed by atoms with Gasteiger partial charge in [0.2, 0.25) is 0 Å². The topological polar surface area (TPSA) is 44.4 Å². The van der Waals surface area contributed by atoms with Crippen LogP contribution in [0.4, 0.5) is 0 Å². The molecule has 1 saturated heterocycles. The molecule has 21 heavy (non-hydrogen) atoms. The van der Waals surface area contributed by atoms with Crippen LogP contribution in [-0.4, -0.2) is 17.3 Å². The summed E-state index contributed by atoms with van der Waals surface area (Å²) in [5.41, 5.74) is 2.68. The van der Waals surface area contributed by atoms with E-state index in [1.165, 1.54) is 12.8 Å². The van der Waals surface area contributed by atoms with Crippen molar-refractivity contribution in [3.8, 4) is 0 Å². The maximum Gasteiger partial charge on any atom is 0.419 e. The fourth-order valence-corrected chi connectivity index (χ4v) is 3.50. The molecule has 4 nitrogen and oxygen atoms in total. The maximum absolute atomic E-state index is 11.7. The van der Waals surface area contributed by atoms with Gasteiger partial charge in [-0.3, -0.25) is 4.57 Å². The van der Waals surface area contributed by atoms with Crippen molar-refractivity contribution in [3.63, 3.8) is 0 Å². The predicted octanol–water partition coefficient (Wildman–Crippen LogP) is 4.01. The van der Waals surface area contributed by atoms with Crippen molar-refractivity contribution >= 4 is 27.0 Å². The molecule has 0 saturated carbocycles. The van der Waals surface area contributed by atoms with E-state index in [2.05, 4.69) is 22.0 Å². The van der Waals surface area contributed by atoms with Crippen LogP contribution in [-0.2, 0) is 11.3 Å². The van der Waals surface area contributed by atoms with Crippen LogP contribution in [0.2, 0.25) is 0 Å². The number of fused-ring (bicyclic) bond motifs is 1. The van der Waals surface area contributed by atoms with Crippen molar-refractivity contribution in [3.05, 3.63) is 34.3 Å². The number of alkyl halides is 1. The number of hydrogen-bond donors (Lipinski definition) is 0. The highest BCUT2D eigenvalue weighted by atomic mass is 79.9. The van der Waals surface area contributed by atoms with E-state index in [9.17, 15) is 4.79 Å². The summed E-state index contributed by atoms with van der Waals surface area (Å²) in [6.45, 7) is 3.47. The molecule has 1 aliphatic heterocycles. The molecule has 114 valence electrons. The SMILES string of the molecule is CCn1c(=O)oc2cc(C(Br)CCC3CCCO3)ccc21. The first kappa shape index (κ1) is 14.9. The van der Waals surface area contributed by atoms with Crippen LogP contribution in [0.3, 0.4) is 0 Å². The summed E-state index contributed by atoms with van der Waals surface area (Å²) < 4.78 is 12.6. The summed E-state index contributed by atoms with van der Waals surface area (Å²) in [5, 5.41) is 0. The van der Waals surface area contributed by atoms with Gasteiger partial charge in [0.15, 0.2) is 5.58 Å². The van der Waals surface area contributed by atoms with Gasteiger partial charge in [0.25, 0.3) is 0 Å². The first-order valence-electron chi connectivity index (χ1n) is 7.58. The molecule has 1 fully saturated rings. The third kappa shape index (κ3) is 3.09. The number of ether oxygens (including phenoxy) is 1. The Hall–Kier alpha value is -1.07. The number of halogens is 1. The van der Waals surface area contributed by atoms with Gasteiger partial charge in [-0.25, -0.2) is 4.79 Å². The fraction of sp³-hybridized carbons (Fsp3) is 0.562. The zero-order chi connectivity index (χ0) is 14.8. The largest absolute Gasteiger partial charge is 0.419 e. The summed E-state index contributed by atoms with van der Waals surface area (Å²) in [6.07, 6.45) is 4.85. The molecule has 0 spiro atoms. The van der Waals surface area contributed by atoms with Crippen LogP contribution in [0.15, 0.2) is 27.4 Å². The van der Waals surface area contributed by atoms with E-state index in [1.807, 2.05) is 19.1 Å². The fourth-order valence-electron chi connectivity index (χ4n) is 2.95.